The fourth-order valence-corrected chi connectivity index (χ4v) is 5.84. The molecule has 0 saturated carbocycles. The Bertz CT molecular complexity index is 1250. The van der Waals surface area contributed by atoms with E-state index in [1.54, 1.807) is 7.11 Å². The van der Waals surface area contributed by atoms with Gasteiger partial charge in [-0.25, -0.2) is 0 Å². The van der Waals surface area contributed by atoms with Gasteiger partial charge in [0.2, 0.25) is 0 Å². The van der Waals surface area contributed by atoms with Crippen LogP contribution in [0, 0.1) is 16.4 Å². The number of aryl methyl sites for hydroxylation is 1. The number of hydrogen-bond acceptors (Lipinski definition) is 4. The van der Waals surface area contributed by atoms with Crippen LogP contribution in [0.15, 0.2) is 71.7 Å². The van der Waals surface area contributed by atoms with Crippen molar-refractivity contribution in [1.29, 1.82) is 0 Å². The zero-order valence-electron chi connectivity index (χ0n) is 19.7. The Balaban J connectivity index is 1.36. The number of ether oxygens (including phenoxy) is 2. The second kappa shape index (κ2) is 9.82. The molecule has 1 aliphatic heterocycles. The molecule has 0 spiro atoms. The number of nitrogens with one attached hydrogen (secondary N) is 1. The molecule has 174 valence electrons. The molecule has 2 aliphatic rings. The van der Waals surface area contributed by atoms with Crippen molar-refractivity contribution in [3.05, 3.63) is 92.6 Å². The summed E-state index contributed by atoms with van der Waals surface area (Å²) in [7, 11) is 1.66. The average Bonchev–Trinajstić information content (AvgIpc) is 3.34. The highest BCUT2D eigenvalue weighted by Gasteiger charge is 2.37. The van der Waals surface area contributed by atoms with Crippen molar-refractivity contribution >= 4 is 40.2 Å². The minimum Gasteiger partial charge on any atom is -0.493 e. The summed E-state index contributed by atoms with van der Waals surface area (Å²) in [5.74, 6) is 2.53. The zero-order valence-corrected chi connectivity index (χ0v) is 21.9. The number of nitrogens with zero attached hydrogens (tertiary/aromatic N) is 1. The number of methoxy groups -OCH3 is 1. The molecular formula is C29H29IN2O2. The number of fused-ring (bicyclic) bond motifs is 3. The van der Waals surface area contributed by atoms with E-state index in [4.69, 9.17) is 14.5 Å². The smallest absolute Gasteiger partial charge is 0.174 e. The van der Waals surface area contributed by atoms with Gasteiger partial charge in [-0.1, -0.05) is 42.0 Å². The number of rotatable bonds is 6. The van der Waals surface area contributed by atoms with Gasteiger partial charge in [0.15, 0.2) is 11.5 Å². The fourth-order valence-electron chi connectivity index (χ4n) is 5.06. The first-order valence-corrected chi connectivity index (χ1v) is 12.8. The first-order chi connectivity index (χ1) is 16.6. The van der Waals surface area contributed by atoms with Gasteiger partial charge in [-0.3, -0.25) is 4.99 Å². The van der Waals surface area contributed by atoms with Crippen LogP contribution in [-0.2, 0) is 0 Å². The highest BCUT2D eigenvalue weighted by atomic mass is 127. The molecule has 5 heteroatoms. The summed E-state index contributed by atoms with van der Waals surface area (Å²) in [6.45, 7) is 4.74. The number of halogens is 1. The minimum absolute atomic E-state index is 0.296. The second-order valence-electron chi connectivity index (χ2n) is 8.88. The summed E-state index contributed by atoms with van der Waals surface area (Å²) in [5, 5.41) is 3.82. The van der Waals surface area contributed by atoms with Gasteiger partial charge in [-0.2, -0.15) is 0 Å². The largest absolute Gasteiger partial charge is 0.493 e. The SMILES string of the molecule is CCOc1c(I)cc(C=Nc2ccc([C@@H]3Nc4ccc(C)cc4[C@H]4C=CC[C@@H]43)cc2)cc1OC. The van der Waals surface area contributed by atoms with E-state index in [1.165, 1.54) is 22.4 Å². The van der Waals surface area contributed by atoms with Crippen molar-refractivity contribution in [3.8, 4) is 11.5 Å². The molecule has 5 rings (SSSR count). The number of hydrogen-bond donors (Lipinski definition) is 1. The molecule has 0 amide bonds. The quantitative estimate of drug-likeness (QED) is 0.191. The molecule has 4 nitrogen and oxygen atoms in total. The van der Waals surface area contributed by atoms with Crippen LogP contribution in [0.2, 0.25) is 0 Å². The standard InChI is InChI=1S/C29H29IN2O2/c1-4-34-29-25(30)15-19(16-27(29)33-3)17-31-21-11-9-20(10-12-21)28-23-7-5-6-22(23)24-14-18(2)8-13-26(24)32-28/h5-6,8-17,22-23,28,32H,4,7H2,1-3H3/t22-,23-,28-/m0/s1. The van der Waals surface area contributed by atoms with Gasteiger partial charge in [0, 0.05) is 17.8 Å². The monoisotopic (exact) mass is 564 g/mol. The van der Waals surface area contributed by atoms with Crippen LogP contribution in [0.5, 0.6) is 11.5 Å². The lowest BCUT2D eigenvalue weighted by atomic mass is 9.76. The molecule has 34 heavy (non-hydrogen) atoms. The van der Waals surface area contributed by atoms with Gasteiger partial charge in [0.05, 0.1) is 29.0 Å². The van der Waals surface area contributed by atoms with Gasteiger partial charge in [-0.15, -0.1) is 0 Å². The molecule has 0 unspecified atom stereocenters. The topological polar surface area (TPSA) is 42.8 Å². The molecule has 0 saturated heterocycles. The predicted octanol–water partition coefficient (Wildman–Crippen LogP) is 7.58. The molecule has 0 fully saturated rings. The molecule has 1 heterocycles. The molecule has 3 aromatic rings. The van der Waals surface area contributed by atoms with E-state index in [1.807, 2.05) is 19.2 Å². The van der Waals surface area contributed by atoms with Crippen LogP contribution in [0.4, 0.5) is 11.4 Å². The van der Waals surface area contributed by atoms with Crippen LogP contribution >= 0.6 is 22.6 Å². The van der Waals surface area contributed by atoms with E-state index in [2.05, 4.69) is 95.5 Å². The van der Waals surface area contributed by atoms with E-state index in [0.29, 0.717) is 24.5 Å². The lowest BCUT2D eigenvalue weighted by Gasteiger charge is -2.37. The molecule has 3 aromatic carbocycles. The van der Waals surface area contributed by atoms with Crippen LogP contribution < -0.4 is 14.8 Å². The van der Waals surface area contributed by atoms with Gasteiger partial charge < -0.3 is 14.8 Å². The predicted molar refractivity (Wildman–Crippen MR) is 148 cm³/mol. The van der Waals surface area contributed by atoms with Crippen LogP contribution in [0.25, 0.3) is 0 Å². The summed E-state index contributed by atoms with van der Waals surface area (Å²) < 4.78 is 12.2. The van der Waals surface area contributed by atoms with Crippen LogP contribution in [0.1, 0.15) is 47.6 Å². The summed E-state index contributed by atoms with van der Waals surface area (Å²) >= 11 is 2.28. The van der Waals surface area contributed by atoms with Gasteiger partial charge in [0.1, 0.15) is 0 Å². The Morgan fingerprint density at radius 2 is 1.94 bits per heavy atom. The van der Waals surface area contributed by atoms with Crippen LogP contribution in [-0.4, -0.2) is 19.9 Å². The highest BCUT2D eigenvalue weighted by Crippen LogP contribution is 2.50. The Hall–Kier alpha value is -2.80. The van der Waals surface area contributed by atoms with E-state index in [-0.39, 0.29) is 0 Å². The third-order valence-electron chi connectivity index (χ3n) is 6.67. The number of anilines is 1. The maximum Gasteiger partial charge on any atom is 0.174 e. The number of aliphatic imine (C=N–C) groups is 1. The Kier molecular flexibility index (Phi) is 6.63. The van der Waals surface area contributed by atoms with E-state index in [0.717, 1.165) is 32.7 Å². The third-order valence-corrected chi connectivity index (χ3v) is 7.47. The van der Waals surface area contributed by atoms with Gasteiger partial charge >= 0.3 is 0 Å². The van der Waals surface area contributed by atoms with Crippen molar-refractivity contribution < 1.29 is 9.47 Å². The normalized spacial score (nSPS) is 20.6. The van der Waals surface area contributed by atoms with Crippen molar-refractivity contribution in [2.24, 2.45) is 10.9 Å². The Labute approximate surface area is 215 Å². The number of allylic oxidation sites excluding steroid dienone is 2. The van der Waals surface area contributed by atoms with Crippen LogP contribution in [0.3, 0.4) is 0 Å². The van der Waals surface area contributed by atoms with Crippen molar-refractivity contribution in [2.45, 2.75) is 32.2 Å². The molecule has 3 atom stereocenters. The van der Waals surface area contributed by atoms with Gasteiger partial charge in [0.25, 0.3) is 0 Å². The molecule has 1 N–H and O–H groups in total. The lowest BCUT2D eigenvalue weighted by molar-refractivity contribution is 0.308. The maximum atomic E-state index is 5.72. The summed E-state index contributed by atoms with van der Waals surface area (Å²) in [6, 6.07) is 19.7. The number of benzene rings is 3. The molecular weight excluding hydrogens is 535 g/mol. The Morgan fingerprint density at radius 3 is 2.71 bits per heavy atom. The zero-order chi connectivity index (χ0) is 23.7. The summed E-state index contributed by atoms with van der Waals surface area (Å²) in [6.07, 6.45) is 7.71. The van der Waals surface area contributed by atoms with Crippen molar-refractivity contribution in [2.75, 3.05) is 19.0 Å². The van der Waals surface area contributed by atoms with E-state index in [9.17, 15) is 0 Å². The first-order valence-electron chi connectivity index (χ1n) is 11.8. The summed E-state index contributed by atoms with van der Waals surface area (Å²) in [4.78, 5) is 4.71. The molecule has 0 bridgehead atoms. The van der Waals surface area contributed by atoms with E-state index >= 15 is 0 Å². The van der Waals surface area contributed by atoms with Crippen molar-refractivity contribution in [3.63, 3.8) is 0 Å². The second-order valence-corrected chi connectivity index (χ2v) is 10.0. The van der Waals surface area contributed by atoms with E-state index < -0.39 is 0 Å². The average molecular weight is 564 g/mol. The molecule has 0 aromatic heterocycles. The highest BCUT2D eigenvalue weighted by molar-refractivity contribution is 14.1. The maximum absolute atomic E-state index is 5.72. The Morgan fingerprint density at radius 1 is 1.12 bits per heavy atom. The van der Waals surface area contributed by atoms with Crippen molar-refractivity contribution in [1.82, 2.24) is 0 Å². The summed E-state index contributed by atoms with van der Waals surface area (Å²) in [5.41, 5.74) is 7.22. The van der Waals surface area contributed by atoms with Gasteiger partial charge in [-0.05, 0) is 95.8 Å². The minimum atomic E-state index is 0.296. The molecule has 0 radical (unpaired) electrons. The lowest BCUT2D eigenvalue weighted by Crippen LogP contribution is -2.29. The molecule has 1 aliphatic carbocycles. The third kappa shape index (κ3) is 4.45. The fraction of sp³-hybridized carbons (Fsp3) is 0.276. The first kappa shape index (κ1) is 23.0.